The van der Waals surface area contributed by atoms with Crippen LogP contribution in [0.25, 0.3) is 16.9 Å². The summed E-state index contributed by atoms with van der Waals surface area (Å²) in [5.74, 6) is 0.805. The molecule has 0 saturated heterocycles. The second kappa shape index (κ2) is 6.21. The molecule has 4 heteroatoms. The van der Waals surface area contributed by atoms with E-state index < -0.39 is 0 Å². The predicted octanol–water partition coefficient (Wildman–Crippen LogP) is 4.34. The van der Waals surface area contributed by atoms with E-state index in [0.29, 0.717) is 5.69 Å². The summed E-state index contributed by atoms with van der Waals surface area (Å²) in [7, 11) is 1.67. The summed E-state index contributed by atoms with van der Waals surface area (Å²) in [6.45, 7) is 6.11. The fourth-order valence-corrected chi connectivity index (χ4v) is 3.00. The highest BCUT2D eigenvalue weighted by atomic mass is 16.5. The van der Waals surface area contributed by atoms with E-state index in [0.717, 1.165) is 39.4 Å². The van der Waals surface area contributed by atoms with Crippen molar-refractivity contribution in [2.24, 2.45) is 0 Å². The highest BCUT2D eigenvalue weighted by molar-refractivity contribution is 5.73. The summed E-state index contributed by atoms with van der Waals surface area (Å²) in [6.07, 6.45) is 0. The number of aromatic nitrogens is 2. The highest BCUT2D eigenvalue weighted by Crippen LogP contribution is 2.35. The second-order valence-corrected chi connectivity index (χ2v) is 5.94. The molecule has 4 nitrogen and oxygen atoms in total. The largest absolute Gasteiger partial charge is 0.496 e. The molecule has 0 radical (unpaired) electrons. The van der Waals surface area contributed by atoms with Gasteiger partial charge in [-0.25, -0.2) is 4.68 Å². The Balaban J connectivity index is 2.30. The number of rotatable bonds is 3. The zero-order chi connectivity index (χ0) is 17.3. The molecule has 2 aromatic carbocycles. The minimum atomic E-state index is 0.382. The van der Waals surface area contributed by atoms with E-state index in [9.17, 15) is 5.26 Å². The molecular formula is C20H19N3O. The van der Waals surface area contributed by atoms with Crippen LogP contribution in [0.4, 0.5) is 0 Å². The maximum atomic E-state index is 9.30. The lowest BCUT2D eigenvalue weighted by atomic mass is 10.0. The van der Waals surface area contributed by atoms with Gasteiger partial charge in [-0.05, 0) is 55.7 Å². The number of benzene rings is 2. The Kier molecular flexibility index (Phi) is 4.09. The normalized spacial score (nSPS) is 10.5. The molecule has 3 rings (SSSR count). The van der Waals surface area contributed by atoms with Gasteiger partial charge in [0, 0.05) is 11.6 Å². The fraction of sp³-hybridized carbons (Fsp3) is 0.200. The average Bonchev–Trinajstić information content (AvgIpc) is 2.98. The third kappa shape index (κ3) is 2.77. The van der Waals surface area contributed by atoms with Gasteiger partial charge in [-0.15, -0.1) is 0 Å². The van der Waals surface area contributed by atoms with E-state index >= 15 is 0 Å². The Bertz CT molecular complexity index is 948. The molecule has 0 N–H and O–H groups in total. The third-order valence-corrected chi connectivity index (χ3v) is 3.97. The number of nitrogens with zero attached hydrogens (tertiary/aromatic N) is 3. The number of hydrogen-bond donors (Lipinski definition) is 0. The van der Waals surface area contributed by atoms with Gasteiger partial charge >= 0.3 is 0 Å². The Morgan fingerprint density at radius 3 is 2.50 bits per heavy atom. The van der Waals surface area contributed by atoms with Crippen molar-refractivity contribution in [3.63, 3.8) is 0 Å². The minimum Gasteiger partial charge on any atom is -0.496 e. The van der Waals surface area contributed by atoms with Crippen molar-refractivity contribution in [3.05, 3.63) is 64.8 Å². The van der Waals surface area contributed by atoms with Crippen LogP contribution in [0.2, 0.25) is 0 Å². The number of nitriles is 1. The maximum absolute atomic E-state index is 9.30. The van der Waals surface area contributed by atoms with Gasteiger partial charge in [0.05, 0.1) is 18.5 Å². The molecule has 1 aromatic heterocycles. The Hall–Kier alpha value is -3.06. The maximum Gasteiger partial charge on any atom is 0.163 e. The van der Waals surface area contributed by atoms with Gasteiger partial charge in [0.2, 0.25) is 0 Å². The van der Waals surface area contributed by atoms with Crippen LogP contribution in [0, 0.1) is 32.1 Å². The van der Waals surface area contributed by atoms with Crippen molar-refractivity contribution < 1.29 is 4.74 Å². The second-order valence-electron chi connectivity index (χ2n) is 5.94. The van der Waals surface area contributed by atoms with E-state index in [-0.39, 0.29) is 0 Å². The van der Waals surface area contributed by atoms with Gasteiger partial charge < -0.3 is 4.74 Å². The van der Waals surface area contributed by atoms with Crippen LogP contribution in [0.15, 0.2) is 42.5 Å². The molecular weight excluding hydrogens is 298 g/mol. The first kappa shape index (κ1) is 15.8. The van der Waals surface area contributed by atoms with Crippen LogP contribution in [-0.2, 0) is 0 Å². The van der Waals surface area contributed by atoms with Crippen molar-refractivity contribution in [3.8, 4) is 28.8 Å². The van der Waals surface area contributed by atoms with Crippen LogP contribution < -0.4 is 4.74 Å². The zero-order valence-corrected chi connectivity index (χ0v) is 14.3. The first-order chi connectivity index (χ1) is 11.5. The smallest absolute Gasteiger partial charge is 0.163 e. The van der Waals surface area contributed by atoms with Crippen molar-refractivity contribution in [2.75, 3.05) is 7.11 Å². The molecule has 0 unspecified atom stereocenters. The molecule has 24 heavy (non-hydrogen) atoms. The van der Waals surface area contributed by atoms with Gasteiger partial charge in [0.1, 0.15) is 11.8 Å². The lowest BCUT2D eigenvalue weighted by Gasteiger charge is -2.14. The van der Waals surface area contributed by atoms with E-state index in [4.69, 9.17) is 4.74 Å². The molecule has 0 spiro atoms. The molecule has 1 heterocycles. The SMILES string of the molecule is COc1c(C)cc(C)cc1-c1cc(C#N)nn1-c1cccc(C)c1. The van der Waals surface area contributed by atoms with Gasteiger partial charge in [-0.2, -0.15) is 10.4 Å². The quantitative estimate of drug-likeness (QED) is 0.722. The predicted molar refractivity (Wildman–Crippen MR) is 94.5 cm³/mol. The van der Waals surface area contributed by atoms with E-state index in [1.807, 2.05) is 42.8 Å². The molecule has 3 aromatic rings. The lowest BCUT2D eigenvalue weighted by molar-refractivity contribution is 0.413. The standard InChI is InChI=1S/C20H19N3O/c1-13-6-5-7-17(9-13)23-19(11-16(12-21)22-23)18-10-14(2)8-15(3)20(18)24-4/h5-11H,1-4H3. The Morgan fingerprint density at radius 1 is 1.04 bits per heavy atom. The van der Waals surface area contributed by atoms with Gasteiger partial charge in [-0.1, -0.05) is 18.2 Å². The molecule has 0 fully saturated rings. The summed E-state index contributed by atoms with van der Waals surface area (Å²) in [6, 6.07) is 16.1. The molecule has 0 amide bonds. The fourth-order valence-electron chi connectivity index (χ4n) is 3.00. The molecule has 0 bridgehead atoms. The Labute approximate surface area is 141 Å². The lowest BCUT2D eigenvalue weighted by Crippen LogP contribution is -2.02. The first-order valence-corrected chi connectivity index (χ1v) is 7.76. The zero-order valence-electron chi connectivity index (χ0n) is 14.3. The van der Waals surface area contributed by atoms with Crippen LogP contribution in [0.3, 0.4) is 0 Å². The van der Waals surface area contributed by atoms with Crippen LogP contribution in [0.1, 0.15) is 22.4 Å². The molecule has 0 saturated carbocycles. The van der Waals surface area contributed by atoms with Crippen molar-refractivity contribution in [1.82, 2.24) is 9.78 Å². The van der Waals surface area contributed by atoms with Crippen LogP contribution in [0.5, 0.6) is 5.75 Å². The van der Waals surface area contributed by atoms with Gasteiger partial charge in [0.15, 0.2) is 5.69 Å². The van der Waals surface area contributed by atoms with Crippen molar-refractivity contribution in [2.45, 2.75) is 20.8 Å². The summed E-state index contributed by atoms with van der Waals surface area (Å²) in [5, 5.41) is 13.8. The van der Waals surface area contributed by atoms with Crippen molar-refractivity contribution in [1.29, 1.82) is 5.26 Å². The monoisotopic (exact) mass is 317 g/mol. The number of methoxy groups -OCH3 is 1. The van der Waals surface area contributed by atoms with Crippen LogP contribution in [-0.4, -0.2) is 16.9 Å². The number of aryl methyl sites for hydroxylation is 3. The van der Waals surface area contributed by atoms with E-state index in [1.54, 1.807) is 13.2 Å². The minimum absolute atomic E-state index is 0.382. The molecule has 0 atom stereocenters. The summed E-state index contributed by atoms with van der Waals surface area (Å²) in [5.41, 5.74) is 6.42. The number of hydrogen-bond acceptors (Lipinski definition) is 3. The van der Waals surface area contributed by atoms with Gasteiger partial charge in [-0.3, -0.25) is 0 Å². The van der Waals surface area contributed by atoms with Gasteiger partial charge in [0.25, 0.3) is 0 Å². The number of ether oxygens (including phenoxy) is 1. The molecule has 0 aliphatic rings. The van der Waals surface area contributed by atoms with E-state index in [2.05, 4.69) is 30.2 Å². The molecule has 0 aliphatic carbocycles. The van der Waals surface area contributed by atoms with Crippen molar-refractivity contribution >= 4 is 0 Å². The highest BCUT2D eigenvalue weighted by Gasteiger charge is 2.17. The molecule has 120 valence electrons. The average molecular weight is 317 g/mol. The Morgan fingerprint density at radius 2 is 1.83 bits per heavy atom. The third-order valence-electron chi connectivity index (χ3n) is 3.97. The first-order valence-electron chi connectivity index (χ1n) is 7.76. The molecule has 0 aliphatic heterocycles. The summed E-state index contributed by atoms with van der Waals surface area (Å²) < 4.78 is 7.43. The summed E-state index contributed by atoms with van der Waals surface area (Å²) >= 11 is 0. The van der Waals surface area contributed by atoms with Crippen LogP contribution >= 0.6 is 0 Å². The summed E-state index contributed by atoms with van der Waals surface area (Å²) in [4.78, 5) is 0. The van der Waals surface area contributed by atoms with E-state index in [1.165, 1.54) is 0 Å². The topological polar surface area (TPSA) is 50.8 Å².